The van der Waals surface area contributed by atoms with Gasteiger partial charge in [0.2, 0.25) is 5.96 Å². The molecule has 0 aromatic heterocycles. The molecule has 2 aliphatic rings. The molecule has 2 aliphatic heterocycles. The van der Waals surface area contributed by atoms with Crippen LogP contribution < -0.4 is 0 Å². The first-order valence-electron chi connectivity index (χ1n) is 9.35. The van der Waals surface area contributed by atoms with Gasteiger partial charge in [-0.15, -0.1) is 0 Å². The number of carboxylic acid groups (broad SMARTS) is 2. The quantitative estimate of drug-likeness (QED) is 0.450. The molecule has 2 heterocycles. The first-order chi connectivity index (χ1) is 14.0. The van der Waals surface area contributed by atoms with E-state index in [1.165, 1.54) is 6.42 Å². The van der Waals surface area contributed by atoms with Crippen molar-refractivity contribution in [2.45, 2.75) is 12.8 Å². The van der Waals surface area contributed by atoms with Crippen molar-refractivity contribution in [2.75, 3.05) is 39.9 Å². The normalized spacial score (nSPS) is 18.7. The van der Waals surface area contributed by atoms with Crippen molar-refractivity contribution in [3.63, 3.8) is 0 Å². The number of hydrogen-bond acceptors (Lipinski definition) is 4. The van der Waals surface area contributed by atoms with Gasteiger partial charge in [0.25, 0.3) is 0 Å². The minimum atomic E-state index is -1.26. The van der Waals surface area contributed by atoms with E-state index in [4.69, 9.17) is 24.9 Å². The number of guanidine groups is 1. The van der Waals surface area contributed by atoms with Gasteiger partial charge in [-0.25, -0.2) is 14.6 Å². The molecule has 2 fully saturated rings. The average Bonchev–Trinajstić information content (AvgIpc) is 3.12. The number of nitrogens with zero attached hydrogens (tertiary/aromatic N) is 4. The highest BCUT2D eigenvalue weighted by atomic mass is 16.5. The fraction of sp³-hybridized carbons (Fsp3) is 0.400. The molecule has 0 atom stereocenters. The number of para-hydroxylation sites is 1. The largest absolute Gasteiger partial charge is 0.478 e. The number of hydrogen-bond donors (Lipinski definition) is 2. The Hall–Kier alpha value is -3.20. The molecule has 9 heteroatoms. The summed E-state index contributed by atoms with van der Waals surface area (Å²) in [5, 5.41) is 15.6. The summed E-state index contributed by atoms with van der Waals surface area (Å²) in [5.41, 5.74) is 0.948. The van der Waals surface area contributed by atoms with Crippen LogP contribution in [0.15, 0.2) is 52.5 Å². The van der Waals surface area contributed by atoms with E-state index in [0.29, 0.717) is 12.2 Å². The van der Waals surface area contributed by atoms with E-state index in [0.717, 1.165) is 56.8 Å². The zero-order chi connectivity index (χ0) is 21.1. The fourth-order valence-corrected chi connectivity index (χ4v) is 2.74. The predicted molar refractivity (Wildman–Crippen MR) is 110 cm³/mol. The molecule has 0 radical (unpaired) electrons. The molecule has 2 saturated heterocycles. The monoisotopic (exact) mass is 402 g/mol. The molecule has 1 aromatic carbocycles. The number of amidine groups is 1. The van der Waals surface area contributed by atoms with Gasteiger partial charge in [0.05, 0.1) is 18.9 Å². The third-order valence-corrected chi connectivity index (χ3v) is 4.21. The van der Waals surface area contributed by atoms with Crippen LogP contribution in [0.5, 0.6) is 0 Å². The van der Waals surface area contributed by atoms with Gasteiger partial charge in [-0.3, -0.25) is 0 Å². The lowest BCUT2D eigenvalue weighted by Gasteiger charge is -2.28. The van der Waals surface area contributed by atoms with Crippen LogP contribution in [0.25, 0.3) is 0 Å². The van der Waals surface area contributed by atoms with Crippen LogP contribution >= 0.6 is 0 Å². The van der Waals surface area contributed by atoms with E-state index in [2.05, 4.69) is 16.8 Å². The summed E-state index contributed by atoms with van der Waals surface area (Å²) in [6.45, 7) is 4.28. The number of benzene rings is 1. The molecule has 0 amide bonds. The van der Waals surface area contributed by atoms with Gasteiger partial charge in [-0.1, -0.05) is 18.2 Å². The molecule has 0 unspecified atom stereocenters. The minimum Gasteiger partial charge on any atom is -0.478 e. The van der Waals surface area contributed by atoms with Crippen LogP contribution in [-0.2, 0) is 14.3 Å². The van der Waals surface area contributed by atoms with E-state index in [9.17, 15) is 9.59 Å². The maximum atomic E-state index is 9.55. The van der Waals surface area contributed by atoms with Gasteiger partial charge in [-0.2, -0.15) is 4.99 Å². The summed E-state index contributed by atoms with van der Waals surface area (Å²) in [5.74, 6) is -0.566. The maximum absolute atomic E-state index is 9.55. The summed E-state index contributed by atoms with van der Waals surface area (Å²) >= 11 is 0. The second kappa shape index (κ2) is 11.6. The number of rotatable bonds is 3. The van der Waals surface area contributed by atoms with Crippen molar-refractivity contribution in [2.24, 2.45) is 9.98 Å². The smallest absolute Gasteiger partial charge is 0.328 e. The van der Waals surface area contributed by atoms with Crippen LogP contribution in [0.1, 0.15) is 12.8 Å². The summed E-state index contributed by atoms with van der Waals surface area (Å²) in [4.78, 5) is 33.1. The van der Waals surface area contributed by atoms with Gasteiger partial charge >= 0.3 is 11.9 Å². The Morgan fingerprint density at radius 3 is 2.17 bits per heavy atom. The van der Waals surface area contributed by atoms with Crippen molar-refractivity contribution >= 4 is 29.4 Å². The number of likely N-dealkylation sites (tertiary alicyclic amines) is 1. The first kappa shape index (κ1) is 22.1. The summed E-state index contributed by atoms with van der Waals surface area (Å²) in [6, 6.07) is 10.0. The minimum absolute atomic E-state index is 0.558. The van der Waals surface area contributed by atoms with Crippen LogP contribution in [0.3, 0.4) is 0 Å². The molecular weight excluding hydrogens is 376 g/mol. The highest BCUT2D eigenvalue weighted by Gasteiger charge is 2.19. The second-order valence-corrected chi connectivity index (χ2v) is 6.41. The number of aliphatic carboxylic acids is 2. The third kappa shape index (κ3) is 8.14. The number of morpholine rings is 1. The van der Waals surface area contributed by atoms with Crippen LogP contribution in [-0.4, -0.2) is 83.6 Å². The predicted octanol–water partition coefficient (Wildman–Crippen LogP) is 1.84. The van der Waals surface area contributed by atoms with Gasteiger partial charge in [0.15, 0.2) is 0 Å². The van der Waals surface area contributed by atoms with Crippen molar-refractivity contribution in [1.29, 1.82) is 0 Å². The summed E-state index contributed by atoms with van der Waals surface area (Å²) in [6.07, 6.45) is 3.33. The highest BCUT2D eigenvalue weighted by molar-refractivity contribution is 5.97. The lowest BCUT2D eigenvalue weighted by atomic mass is 10.3. The molecule has 0 aliphatic carbocycles. The van der Waals surface area contributed by atoms with Crippen molar-refractivity contribution in [3.8, 4) is 0 Å². The molecule has 2 N–H and O–H groups in total. The van der Waals surface area contributed by atoms with Gasteiger partial charge in [0.1, 0.15) is 5.84 Å². The number of carbonyl (C=O) groups is 2. The van der Waals surface area contributed by atoms with Gasteiger partial charge in [0, 0.05) is 45.3 Å². The van der Waals surface area contributed by atoms with Gasteiger partial charge < -0.3 is 24.7 Å². The van der Waals surface area contributed by atoms with Crippen molar-refractivity contribution in [1.82, 2.24) is 9.80 Å². The molecule has 156 valence electrons. The lowest BCUT2D eigenvalue weighted by Crippen LogP contribution is -2.40. The SMILES string of the molecule is CN1CCCC1=NC(=Nc1ccccc1)N1CCOCC1.O=C(O)C=CC(=O)O. The van der Waals surface area contributed by atoms with E-state index in [1.54, 1.807) is 0 Å². The topological polar surface area (TPSA) is 115 Å². The Balaban J connectivity index is 0.000000321. The Labute approximate surface area is 169 Å². The van der Waals surface area contributed by atoms with E-state index >= 15 is 0 Å². The molecule has 1 aromatic rings. The molecule has 9 nitrogen and oxygen atoms in total. The Morgan fingerprint density at radius 2 is 1.66 bits per heavy atom. The van der Waals surface area contributed by atoms with E-state index < -0.39 is 11.9 Å². The van der Waals surface area contributed by atoms with Gasteiger partial charge in [-0.05, 0) is 18.6 Å². The average molecular weight is 402 g/mol. The Morgan fingerprint density at radius 1 is 1.03 bits per heavy atom. The van der Waals surface area contributed by atoms with Crippen molar-refractivity contribution < 1.29 is 24.5 Å². The number of ether oxygens (including phenoxy) is 1. The molecule has 0 bridgehead atoms. The fourth-order valence-electron chi connectivity index (χ4n) is 2.74. The standard InChI is InChI=1S/C16H22N4O.C4H4O4/c1-19-9-5-8-15(19)18-16(20-10-12-21-13-11-20)17-14-6-3-2-4-7-14;5-3(6)1-2-4(7)8/h2-4,6-7H,5,8-13H2,1H3;1-2H,(H,5,6)(H,7,8). The zero-order valence-electron chi connectivity index (χ0n) is 16.4. The maximum Gasteiger partial charge on any atom is 0.328 e. The highest BCUT2D eigenvalue weighted by Crippen LogP contribution is 2.15. The molecule has 0 spiro atoms. The summed E-state index contributed by atoms with van der Waals surface area (Å²) < 4.78 is 5.44. The number of carboxylic acids is 2. The van der Waals surface area contributed by atoms with Crippen LogP contribution in [0.2, 0.25) is 0 Å². The van der Waals surface area contributed by atoms with Crippen molar-refractivity contribution in [3.05, 3.63) is 42.5 Å². The number of aliphatic imine (C=N–C) groups is 2. The molecular formula is C20H26N4O5. The van der Waals surface area contributed by atoms with E-state index in [-0.39, 0.29) is 0 Å². The molecule has 3 rings (SSSR count). The van der Waals surface area contributed by atoms with Crippen LogP contribution in [0.4, 0.5) is 5.69 Å². The summed E-state index contributed by atoms with van der Waals surface area (Å²) in [7, 11) is 2.10. The Kier molecular flexibility index (Phi) is 8.84. The van der Waals surface area contributed by atoms with E-state index in [1.807, 2.05) is 30.3 Å². The Bertz CT molecular complexity index is 754. The lowest BCUT2D eigenvalue weighted by molar-refractivity contribution is -0.134. The third-order valence-electron chi connectivity index (χ3n) is 4.21. The zero-order valence-corrected chi connectivity index (χ0v) is 16.4. The van der Waals surface area contributed by atoms with Crippen LogP contribution in [0, 0.1) is 0 Å². The molecule has 0 saturated carbocycles. The molecule has 29 heavy (non-hydrogen) atoms. The first-order valence-corrected chi connectivity index (χ1v) is 9.35. The second-order valence-electron chi connectivity index (χ2n) is 6.41.